The molecule has 13 heteroatoms. The Hall–Kier alpha value is -3.90. The second-order valence-corrected chi connectivity index (χ2v) is 11.7. The number of nitrogens with zero attached hydrogens (tertiary/aromatic N) is 3. The number of likely N-dealkylation sites (tertiary alicyclic amines) is 1. The molecule has 1 aliphatic heterocycles. The monoisotopic (exact) mass is 571 g/mol. The molecule has 0 aromatic carbocycles. The molecule has 2 aliphatic rings. The first-order valence-corrected chi connectivity index (χ1v) is 14.2. The molecule has 1 aromatic heterocycles. The zero-order chi connectivity index (χ0) is 30.2. The quantitative estimate of drug-likeness (QED) is 0.241. The van der Waals surface area contributed by atoms with Crippen molar-refractivity contribution in [2.24, 2.45) is 11.3 Å². The fourth-order valence-corrected chi connectivity index (χ4v) is 4.67. The molecule has 13 nitrogen and oxygen atoms in total. The van der Waals surface area contributed by atoms with Gasteiger partial charge in [-0.15, -0.1) is 0 Å². The molecule has 0 bridgehead atoms. The highest BCUT2D eigenvalue weighted by Crippen LogP contribution is 2.34. The Morgan fingerprint density at radius 3 is 2.37 bits per heavy atom. The first-order valence-electron chi connectivity index (χ1n) is 14.2. The van der Waals surface area contributed by atoms with Crippen molar-refractivity contribution >= 4 is 35.3 Å². The Bertz CT molecular complexity index is 1130. The van der Waals surface area contributed by atoms with Gasteiger partial charge in [-0.3, -0.25) is 33.8 Å². The van der Waals surface area contributed by atoms with Gasteiger partial charge in [-0.25, -0.2) is 4.98 Å². The predicted molar refractivity (Wildman–Crippen MR) is 148 cm³/mol. The van der Waals surface area contributed by atoms with Crippen LogP contribution in [0.3, 0.4) is 0 Å². The van der Waals surface area contributed by atoms with E-state index in [4.69, 9.17) is 0 Å². The number of carbonyl (C=O) groups is 6. The number of ketones is 1. The van der Waals surface area contributed by atoms with Crippen molar-refractivity contribution in [2.45, 2.75) is 84.3 Å². The van der Waals surface area contributed by atoms with Gasteiger partial charge in [0.05, 0.1) is 18.8 Å². The number of amides is 5. The lowest BCUT2D eigenvalue weighted by atomic mass is 9.85. The molecular formula is C28H41N7O6. The van der Waals surface area contributed by atoms with Crippen LogP contribution in [0.5, 0.6) is 0 Å². The van der Waals surface area contributed by atoms with Crippen molar-refractivity contribution in [1.82, 2.24) is 36.1 Å². The maximum absolute atomic E-state index is 13.7. The molecule has 0 spiro atoms. The smallest absolute Gasteiger partial charge is 0.289 e. The van der Waals surface area contributed by atoms with Gasteiger partial charge >= 0.3 is 0 Å². The Labute approximate surface area is 240 Å². The molecule has 1 aromatic rings. The first kappa shape index (κ1) is 31.6. The summed E-state index contributed by atoms with van der Waals surface area (Å²) in [5.41, 5.74) is -0.663. The van der Waals surface area contributed by atoms with Gasteiger partial charge < -0.3 is 26.2 Å². The van der Waals surface area contributed by atoms with Crippen LogP contribution in [0.2, 0.25) is 0 Å². The Morgan fingerprint density at radius 1 is 1.02 bits per heavy atom. The van der Waals surface area contributed by atoms with Crippen molar-refractivity contribution in [2.75, 3.05) is 19.6 Å². The summed E-state index contributed by atoms with van der Waals surface area (Å²) in [7, 11) is 0. The van der Waals surface area contributed by atoms with Crippen LogP contribution >= 0.6 is 0 Å². The van der Waals surface area contributed by atoms with Crippen LogP contribution in [0.4, 0.5) is 0 Å². The molecule has 1 aliphatic carbocycles. The molecule has 3 rings (SSSR count). The number of Topliss-reactive ketones (excluding diaryl/α,β-unsaturated/α-hetero) is 1. The van der Waals surface area contributed by atoms with E-state index in [1.165, 1.54) is 23.5 Å². The van der Waals surface area contributed by atoms with E-state index in [-0.39, 0.29) is 18.2 Å². The van der Waals surface area contributed by atoms with Gasteiger partial charge in [0.15, 0.2) is 0 Å². The SMILES string of the molecule is CCCNC(=O)C(=O)C(CC1CC1)NC(=O)C1CCCN1C(=O)C(NC(=O)CNC(=O)c1cnccn1)C(C)(C)C. The molecule has 2 heterocycles. The van der Waals surface area contributed by atoms with E-state index in [1.807, 2.05) is 6.92 Å². The molecule has 3 unspecified atom stereocenters. The molecule has 1 saturated heterocycles. The van der Waals surface area contributed by atoms with Gasteiger partial charge in [0.2, 0.25) is 23.5 Å². The molecule has 224 valence electrons. The molecule has 2 fully saturated rings. The van der Waals surface area contributed by atoms with Crippen LogP contribution in [-0.2, 0) is 24.0 Å². The van der Waals surface area contributed by atoms with Gasteiger partial charge in [0.25, 0.3) is 11.8 Å². The maximum atomic E-state index is 13.7. The largest absolute Gasteiger partial charge is 0.349 e. The van der Waals surface area contributed by atoms with E-state index >= 15 is 0 Å². The highest BCUT2D eigenvalue weighted by atomic mass is 16.2. The second kappa shape index (κ2) is 14.1. The third kappa shape index (κ3) is 9.05. The lowest BCUT2D eigenvalue weighted by Gasteiger charge is -2.35. The van der Waals surface area contributed by atoms with E-state index in [0.717, 1.165) is 12.8 Å². The van der Waals surface area contributed by atoms with Crippen molar-refractivity contribution < 1.29 is 28.8 Å². The molecule has 4 N–H and O–H groups in total. The summed E-state index contributed by atoms with van der Waals surface area (Å²) >= 11 is 0. The third-order valence-electron chi connectivity index (χ3n) is 7.12. The minimum absolute atomic E-state index is 0.0518. The number of nitrogens with one attached hydrogen (secondary N) is 4. The predicted octanol–water partition coefficient (Wildman–Crippen LogP) is 0.109. The summed E-state index contributed by atoms with van der Waals surface area (Å²) in [6.07, 6.45) is 7.95. The summed E-state index contributed by atoms with van der Waals surface area (Å²) in [6, 6.07) is -2.78. The molecule has 3 atom stereocenters. The average Bonchev–Trinajstić information content (AvgIpc) is 3.62. The van der Waals surface area contributed by atoms with Gasteiger partial charge in [-0.2, -0.15) is 0 Å². The summed E-state index contributed by atoms with van der Waals surface area (Å²) < 4.78 is 0. The van der Waals surface area contributed by atoms with E-state index in [0.29, 0.717) is 38.8 Å². The van der Waals surface area contributed by atoms with Crippen molar-refractivity contribution in [3.05, 3.63) is 24.3 Å². The summed E-state index contributed by atoms with van der Waals surface area (Å²) in [6.45, 7) is 7.53. The lowest BCUT2D eigenvalue weighted by Crippen LogP contribution is -2.59. The minimum atomic E-state index is -0.986. The first-order chi connectivity index (χ1) is 19.4. The molecule has 5 amide bonds. The summed E-state index contributed by atoms with van der Waals surface area (Å²) in [5.74, 6) is -3.22. The second-order valence-electron chi connectivity index (χ2n) is 11.7. The Kier molecular flexibility index (Phi) is 10.9. The number of hydrogen-bond donors (Lipinski definition) is 4. The Balaban J connectivity index is 1.65. The van der Waals surface area contributed by atoms with Gasteiger partial charge in [0, 0.05) is 25.5 Å². The highest BCUT2D eigenvalue weighted by Gasteiger charge is 2.43. The highest BCUT2D eigenvalue weighted by molar-refractivity contribution is 6.38. The van der Waals surface area contributed by atoms with Crippen LogP contribution in [0.15, 0.2) is 18.6 Å². The number of rotatable bonds is 13. The lowest BCUT2D eigenvalue weighted by molar-refractivity contribution is -0.145. The van der Waals surface area contributed by atoms with Crippen molar-refractivity contribution in [3.63, 3.8) is 0 Å². The van der Waals surface area contributed by atoms with Gasteiger partial charge in [0.1, 0.15) is 17.8 Å². The number of carbonyl (C=O) groups excluding carboxylic acids is 6. The molecule has 0 radical (unpaired) electrons. The molecule has 1 saturated carbocycles. The topological polar surface area (TPSA) is 180 Å². The van der Waals surface area contributed by atoms with Crippen LogP contribution in [0, 0.1) is 11.3 Å². The molecular weight excluding hydrogens is 530 g/mol. The van der Waals surface area contributed by atoms with Crippen LogP contribution in [0.25, 0.3) is 0 Å². The van der Waals surface area contributed by atoms with Crippen molar-refractivity contribution in [3.8, 4) is 0 Å². The Morgan fingerprint density at radius 2 is 1.76 bits per heavy atom. The zero-order valence-electron chi connectivity index (χ0n) is 24.2. The van der Waals surface area contributed by atoms with Gasteiger partial charge in [-0.1, -0.05) is 40.5 Å². The number of hydrogen-bond acceptors (Lipinski definition) is 8. The zero-order valence-corrected chi connectivity index (χ0v) is 24.2. The van der Waals surface area contributed by atoms with Crippen LogP contribution < -0.4 is 21.3 Å². The average molecular weight is 572 g/mol. The maximum Gasteiger partial charge on any atom is 0.289 e. The van der Waals surface area contributed by atoms with E-state index in [1.54, 1.807) is 20.8 Å². The summed E-state index contributed by atoms with van der Waals surface area (Å²) in [5, 5.41) is 10.5. The summed E-state index contributed by atoms with van der Waals surface area (Å²) in [4.78, 5) is 86.4. The van der Waals surface area contributed by atoms with Crippen LogP contribution in [-0.4, -0.2) is 87.9 Å². The van der Waals surface area contributed by atoms with E-state index in [2.05, 4.69) is 31.2 Å². The minimum Gasteiger partial charge on any atom is -0.349 e. The third-order valence-corrected chi connectivity index (χ3v) is 7.12. The number of aromatic nitrogens is 2. The fraction of sp³-hybridized carbons (Fsp3) is 0.643. The molecule has 41 heavy (non-hydrogen) atoms. The normalized spacial score (nSPS) is 18.1. The fourth-order valence-electron chi connectivity index (χ4n) is 4.67. The van der Waals surface area contributed by atoms with Gasteiger partial charge in [-0.05, 0) is 37.0 Å². The standard InChI is InChI=1S/C28H41N7O6/c1-5-10-31-26(40)22(37)18(14-17-8-9-17)33-25(39)20-7-6-13-35(20)27(41)23(28(2,3)4)34-21(36)16-32-24(38)19-15-29-11-12-30-19/h11-12,15,17-18,20,23H,5-10,13-14,16H2,1-4H3,(H,31,40)(H,32,38)(H,33,39)(H,34,36). The van der Waals surface area contributed by atoms with Crippen molar-refractivity contribution in [1.29, 1.82) is 0 Å². The van der Waals surface area contributed by atoms with E-state index in [9.17, 15) is 28.8 Å². The van der Waals surface area contributed by atoms with E-state index < -0.39 is 58.9 Å². The van der Waals surface area contributed by atoms with Crippen LogP contribution in [0.1, 0.15) is 76.7 Å².